The number of hydrogen-bond acceptors (Lipinski definition) is 8. The lowest BCUT2D eigenvalue weighted by atomic mass is 10.2. The van der Waals surface area contributed by atoms with E-state index in [0.29, 0.717) is 0 Å². The van der Waals surface area contributed by atoms with E-state index in [-0.39, 0.29) is 39.6 Å². The summed E-state index contributed by atoms with van der Waals surface area (Å²) in [6, 6.07) is 9.80. The third-order valence-corrected chi connectivity index (χ3v) is 4.32. The van der Waals surface area contributed by atoms with Gasteiger partial charge >= 0.3 is 0 Å². The van der Waals surface area contributed by atoms with Gasteiger partial charge < -0.3 is 14.5 Å². The summed E-state index contributed by atoms with van der Waals surface area (Å²) in [6.45, 7) is 0. The number of nitrogens with one attached hydrogen (secondary N) is 1. The van der Waals surface area contributed by atoms with Gasteiger partial charge in [0.15, 0.2) is 0 Å². The van der Waals surface area contributed by atoms with E-state index in [2.05, 4.69) is 15.5 Å². The number of thioether (sulfide) groups is 1. The number of methoxy groups -OCH3 is 1. The summed E-state index contributed by atoms with van der Waals surface area (Å²) < 4.78 is 24.2. The van der Waals surface area contributed by atoms with Crippen molar-refractivity contribution >= 4 is 29.0 Å². The molecule has 0 aliphatic heterocycles. The van der Waals surface area contributed by atoms with E-state index >= 15 is 0 Å². The fraction of sp³-hybridized carbons (Fsp3) is 0.118. The van der Waals surface area contributed by atoms with Crippen molar-refractivity contribution in [3.63, 3.8) is 0 Å². The molecular formula is C17H13FN4O5S. The monoisotopic (exact) mass is 404 g/mol. The predicted molar refractivity (Wildman–Crippen MR) is 98.7 cm³/mol. The minimum Gasteiger partial charge on any atom is -0.495 e. The number of ether oxygens (including phenoxy) is 1. The van der Waals surface area contributed by atoms with Crippen LogP contribution in [0.15, 0.2) is 52.1 Å². The van der Waals surface area contributed by atoms with Crippen molar-refractivity contribution < 1.29 is 23.3 Å². The van der Waals surface area contributed by atoms with Crippen molar-refractivity contribution in [2.45, 2.75) is 5.22 Å². The third-order valence-electron chi connectivity index (χ3n) is 3.51. The Bertz CT molecular complexity index is 1030. The maximum absolute atomic E-state index is 13.7. The first-order valence-electron chi connectivity index (χ1n) is 7.81. The van der Waals surface area contributed by atoms with E-state index in [0.717, 1.165) is 11.8 Å². The van der Waals surface area contributed by atoms with Crippen molar-refractivity contribution in [2.24, 2.45) is 0 Å². The maximum Gasteiger partial charge on any atom is 0.277 e. The molecule has 0 bridgehead atoms. The SMILES string of the molecule is COc1ccc([N+](=O)[O-])cc1NC(=O)CSc1nnc(-c2ccccc2F)o1. The van der Waals surface area contributed by atoms with Crippen molar-refractivity contribution in [2.75, 3.05) is 18.2 Å². The largest absolute Gasteiger partial charge is 0.495 e. The molecule has 1 amide bonds. The molecule has 28 heavy (non-hydrogen) atoms. The van der Waals surface area contributed by atoms with Crippen LogP contribution < -0.4 is 10.1 Å². The Balaban J connectivity index is 1.65. The number of anilines is 1. The van der Waals surface area contributed by atoms with Gasteiger partial charge in [-0.25, -0.2) is 4.39 Å². The highest BCUT2D eigenvalue weighted by atomic mass is 32.2. The van der Waals surface area contributed by atoms with Gasteiger partial charge in [0.2, 0.25) is 5.91 Å². The molecule has 1 heterocycles. The standard InChI is InChI=1S/C17H13FN4O5S/c1-26-14-7-6-10(22(24)25)8-13(14)19-15(23)9-28-17-21-20-16(27-17)11-4-2-3-5-12(11)18/h2-8H,9H2,1H3,(H,19,23). The summed E-state index contributed by atoms with van der Waals surface area (Å²) in [7, 11) is 1.38. The number of nitrogens with zero attached hydrogens (tertiary/aromatic N) is 3. The van der Waals surface area contributed by atoms with Crippen LogP contribution in [0.4, 0.5) is 15.8 Å². The van der Waals surface area contributed by atoms with Gasteiger partial charge in [-0.15, -0.1) is 10.2 Å². The lowest BCUT2D eigenvalue weighted by Crippen LogP contribution is -2.14. The summed E-state index contributed by atoms with van der Waals surface area (Å²) in [6.07, 6.45) is 0. The number of amides is 1. The minimum atomic E-state index is -0.577. The number of carbonyl (C=O) groups excluding carboxylic acids is 1. The number of rotatable bonds is 7. The lowest BCUT2D eigenvalue weighted by molar-refractivity contribution is -0.384. The predicted octanol–water partition coefficient (Wildman–Crippen LogP) is 3.52. The van der Waals surface area contributed by atoms with Crippen LogP contribution >= 0.6 is 11.8 Å². The normalized spacial score (nSPS) is 10.5. The number of nitro groups is 1. The number of non-ortho nitro benzene ring substituents is 1. The average molecular weight is 404 g/mol. The molecule has 9 nitrogen and oxygen atoms in total. The smallest absolute Gasteiger partial charge is 0.277 e. The molecule has 3 aromatic rings. The van der Waals surface area contributed by atoms with E-state index in [4.69, 9.17) is 9.15 Å². The van der Waals surface area contributed by atoms with Crippen LogP contribution in [0.2, 0.25) is 0 Å². The van der Waals surface area contributed by atoms with Crippen LogP contribution in [0.25, 0.3) is 11.5 Å². The molecule has 1 aromatic heterocycles. The van der Waals surface area contributed by atoms with E-state index in [1.54, 1.807) is 6.07 Å². The Hall–Kier alpha value is -3.47. The fourth-order valence-corrected chi connectivity index (χ4v) is 2.80. The first-order valence-corrected chi connectivity index (χ1v) is 8.80. The summed E-state index contributed by atoms with van der Waals surface area (Å²) in [5, 5.41) is 21.0. The van der Waals surface area contributed by atoms with Crippen LogP contribution in [0.5, 0.6) is 5.75 Å². The van der Waals surface area contributed by atoms with Gasteiger partial charge in [0.25, 0.3) is 16.8 Å². The van der Waals surface area contributed by atoms with Gasteiger partial charge in [0.1, 0.15) is 11.6 Å². The Morgan fingerprint density at radius 1 is 1.32 bits per heavy atom. The van der Waals surface area contributed by atoms with Crippen molar-refractivity contribution in [3.8, 4) is 17.2 Å². The van der Waals surface area contributed by atoms with Crippen LogP contribution in [0.1, 0.15) is 0 Å². The molecule has 0 radical (unpaired) electrons. The maximum atomic E-state index is 13.7. The molecule has 0 fully saturated rings. The lowest BCUT2D eigenvalue weighted by Gasteiger charge is -2.09. The van der Waals surface area contributed by atoms with Gasteiger partial charge in [-0.1, -0.05) is 23.9 Å². The quantitative estimate of drug-likeness (QED) is 0.361. The van der Waals surface area contributed by atoms with Crippen molar-refractivity contribution in [1.29, 1.82) is 0 Å². The first-order chi connectivity index (χ1) is 13.5. The number of halogens is 1. The summed E-state index contributed by atoms with van der Waals surface area (Å²) in [5.41, 5.74) is 0.141. The number of benzene rings is 2. The highest BCUT2D eigenvalue weighted by Gasteiger charge is 2.16. The van der Waals surface area contributed by atoms with Gasteiger partial charge in [0, 0.05) is 12.1 Å². The molecule has 0 saturated carbocycles. The van der Waals surface area contributed by atoms with Gasteiger partial charge in [-0.3, -0.25) is 14.9 Å². The highest BCUT2D eigenvalue weighted by Crippen LogP contribution is 2.29. The van der Waals surface area contributed by atoms with E-state index in [1.165, 1.54) is 43.5 Å². The van der Waals surface area contributed by atoms with Crippen LogP contribution in [0, 0.1) is 15.9 Å². The molecule has 11 heteroatoms. The third kappa shape index (κ3) is 4.43. The Labute approximate surface area is 162 Å². The Kier molecular flexibility index (Phi) is 5.84. The van der Waals surface area contributed by atoms with Crippen LogP contribution in [-0.4, -0.2) is 33.9 Å². The number of hydrogen-bond donors (Lipinski definition) is 1. The number of aromatic nitrogens is 2. The molecule has 0 aliphatic carbocycles. The molecular weight excluding hydrogens is 391 g/mol. The van der Waals surface area contributed by atoms with Gasteiger partial charge in [0.05, 0.1) is 29.0 Å². The molecule has 3 rings (SSSR count). The molecule has 0 atom stereocenters. The number of nitro benzene ring substituents is 1. The fourth-order valence-electron chi connectivity index (χ4n) is 2.23. The van der Waals surface area contributed by atoms with Crippen LogP contribution in [-0.2, 0) is 4.79 Å². The van der Waals surface area contributed by atoms with Gasteiger partial charge in [-0.05, 0) is 18.2 Å². The van der Waals surface area contributed by atoms with Gasteiger partial charge in [-0.2, -0.15) is 0 Å². The summed E-state index contributed by atoms with van der Waals surface area (Å²) in [5.74, 6) is -0.789. The van der Waals surface area contributed by atoms with E-state index in [1.807, 2.05) is 0 Å². The average Bonchev–Trinajstić information content (AvgIpc) is 3.15. The molecule has 0 spiro atoms. The van der Waals surface area contributed by atoms with E-state index in [9.17, 15) is 19.3 Å². The van der Waals surface area contributed by atoms with Crippen LogP contribution in [0.3, 0.4) is 0 Å². The molecule has 1 N–H and O–H groups in total. The number of carbonyl (C=O) groups is 1. The van der Waals surface area contributed by atoms with Crippen molar-refractivity contribution in [3.05, 3.63) is 58.4 Å². The molecule has 0 aliphatic rings. The topological polar surface area (TPSA) is 120 Å². The molecule has 0 saturated heterocycles. The molecule has 2 aromatic carbocycles. The first kappa shape index (κ1) is 19.3. The second-order valence-electron chi connectivity index (χ2n) is 5.33. The second-order valence-corrected chi connectivity index (χ2v) is 6.26. The second kappa shape index (κ2) is 8.48. The molecule has 144 valence electrons. The van der Waals surface area contributed by atoms with E-state index < -0.39 is 16.6 Å². The van der Waals surface area contributed by atoms with Crippen molar-refractivity contribution in [1.82, 2.24) is 10.2 Å². The zero-order valence-electron chi connectivity index (χ0n) is 14.4. The summed E-state index contributed by atoms with van der Waals surface area (Å²) >= 11 is 0.944. The zero-order chi connectivity index (χ0) is 20.1. The molecule has 0 unspecified atom stereocenters. The highest BCUT2D eigenvalue weighted by molar-refractivity contribution is 7.99. The zero-order valence-corrected chi connectivity index (χ0v) is 15.2. The summed E-state index contributed by atoms with van der Waals surface area (Å²) in [4.78, 5) is 22.5. The Morgan fingerprint density at radius 2 is 2.11 bits per heavy atom. The minimum absolute atomic E-state index is 0.00126. The Morgan fingerprint density at radius 3 is 2.82 bits per heavy atom.